The largest absolute Gasteiger partial charge is 0.508 e. The highest BCUT2D eigenvalue weighted by Gasteiger charge is 2.15. The molecule has 0 fully saturated rings. The highest BCUT2D eigenvalue weighted by Crippen LogP contribution is 2.31. The average molecular weight is 338 g/mol. The zero-order chi connectivity index (χ0) is 14.0. The zero-order valence-electron chi connectivity index (χ0n) is 9.77. The Bertz CT molecular complexity index is 737. The van der Waals surface area contributed by atoms with E-state index in [1.807, 2.05) is 6.07 Å². The molecule has 1 aromatic carbocycles. The molecule has 7 heteroatoms. The molecule has 5 nitrogen and oxygen atoms in total. The van der Waals surface area contributed by atoms with Crippen molar-refractivity contribution in [3.63, 3.8) is 0 Å². The monoisotopic (exact) mass is 337 g/mol. The molecule has 1 aromatic heterocycles. The van der Waals surface area contributed by atoms with E-state index in [1.165, 1.54) is 23.9 Å². The van der Waals surface area contributed by atoms with Crippen LogP contribution in [0.4, 0.5) is 0 Å². The van der Waals surface area contributed by atoms with Crippen LogP contribution in [0.25, 0.3) is 11.3 Å². The number of aromatic amines is 1. The first-order chi connectivity index (χ1) is 9.06. The number of hydrogen-bond donors (Lipinski definition) is 2. The second-order valence-corrected chi connectivity index (χ2v) is 5.22. The van der Waals surface area contributed by atoms with Crippen LogP contribution in [-0.4, -0.2) is 21.3 Å². The van der Waals surface area contributed by atoms with Crippen LogP contribution < -0.4 is 5.56 Å². The molecule has 0 amide bonds. The van der Waals surface area contributed by atoms with E-state index < -0.39 is 5.56 Å². The van der Waals surface area contributed by atoms with Gasteiger partial charge in [0.25, 0.3) is 5.56 Å². The lowest BCUT2D eigenvalue weighted by Crippen LogP contribution is -2.14. The van der Waals surface area contributed by atoms with Gasteiger partial charge < -0.3 is 10.1 Å². The number of nitriles is 1. The van der Waals surface area contributed by atoms with Crippen molar-refractivity contribution < 1.29 is 5.11 Å². The summed E-state index contributed by atoms with van der Waals surface area (Å²) in [7, 11) is 0. The van der Waals surface area contributed by atoms with Crippen LogP contribution in [-0.2, 0) is 0 Å². The van der Waals surface area contributed by atoms with E-state index in [0.717, 1.165) is 0 Å². The van der Waals surface area contributed by atoms with E-state index >= 15 is 0 Å². The molecule has 0 aliphatic rings. The summed E-state index contributed by atoms with van der Waals surface area (Å²) in [5.74, 6) is 0.0369. The minimum atomic E-state index is -0.493. The van der Waals surface area contributed by atoms with Gasteiger partial charge in [-0.2, -0.15) is 5.26 Å². The topological polar surface area (TPSA) is 89.8 Å². The molecule has 0 saturated heterocycles. The Hall–Kier alpha value is -1.78. The Morgan fingerprint density at radius 2 is 2.26 bits per heavy atom. The predicted octanol–water partition coefficient (Wildman–Crippen LogP) is 2.50. The molecule has 0 saturated carbocycles. The van der Waals surface area contributed by atoms with Gasteiger partial charge in [0.15, 0.2) is 5.16 Å². The Labute approximate surface area is 121 Å². The number of halogens is 1. The predicted molar refractivity (Wildman–Crippen MR) is 76.2 cm³/mol. The van der Waals surface area contributed by atoms with Gasteiger partial charge in [0.1, 0.15) is 17.4 Å². The van der Waals surface area contributed by atoms with Crippen molar-refractivity contribution in [1.29, 1.82) is 5.26 Å². The smallest absolute Gasteiger partial charge is 0.270 e. The van der Waals surface area contributed by atoms with Crippen LogP contribution in [0.2, 0.25) is 0 Å². The fraction of sp³-hybridized carbons (Fsp3) is 0.0833. The minimum Gasteiger partial charge on any atom is -0.508 e. The first kappa shape index (κ1) is 13.6. The van der Waals surface area contributed by atoms with Crippen molar-refractivity contribution in [2.45, 2.75) is 5.16 Å². The molecule has 19 heavy (non-hydrogen) atoms. The molecule has 0 spiro atoms. The molecule has 0 radical (unpaired) electrons. The first-order valence-corrected chi connectivity index (χ1v) is 7.16. The Kier molecular flexibility index (Phi) is 3.93. The van der Waals surface area contributed by atoms with Crippen LogP contribution in [0.5, 0.6) is 5.75 Å². The number of nitrogens with one attached hydrogen (secondary N) is 1. The van der Waals surface area contributed by atoms with Crippen molar-refractivity contribution in [2.75, 3.05) is 6.26 Å². The third-order valence-electron chi connectivity index (χ3n) is 2.41. The number of aromatic nitrogens is 2. The number of hydrogen-bond acceptors (Lipinski definition) is 5. The van der Waals surface area contributed by atoms with E-state index in [4.69, 9.17) is 5.26 Å². The summed E-state index contributed by atoms with van der Waals surface area (Å²) in [6.45, 7) is 0. The van der Waals surface area contributed by atoms with E-state index in [2.05, 4.69) is 25.9 Å². The summed E-state index contributed by atoms with van der Waals surface area (Å²) in [4.78, 5) is 18.6. The fourth-order valence-electron chi connectivity index (χ4n) is 1.54. The number of H-pyrrole nitrogens is 1. The maximum atomic E-state index is 11.8. The van der Waals surface area contributed by atoms with Gasteiger partial charge in [-0.15, -0.1) is 0 Å². The SMILES string of the molecule is CSc1nc(-c2cc(O)ccc2Br)c(C#N)c(=O)[nH]1. The third kappa shape index (κ3) is 2.64. The van der Waals surface area contributed by atoms with Gasteiger partial charge in [-0.05, 0) is 24.5 Å². The maximum absolute atomic E-state index is 11.8. The van der Waals surface area contributed by atoms with Crippen molar-refractivity contribution in [3.8, 4) is 23.1 Å². The van der Waals surface area contributed by atoms with E-state index in [9.17, 15) is 9.90 Å². The van der Waals surface area contributed by atoms with E-state index in [-0.39, 0.29) is 17.0 Å². The van der Waals surface area contributed by atoms with Crippen molar-refractivity contribution in [3.05, 3.63) is 38.6 Å². The van der Waals surface area contributed by atoms with Crippen molar-refractivity contribution in [2.24, 2.45) is 0 Å². The van der Waals surface area contributed by atoms with Crippen LogP contribution in [0.1, 0.15) is 5.56 Å². The van der Waals surface area contributed by atoms with Crippen LogP contribution in [0, 0.1) is 11.3 Å². The number of phenols is 1. The summed E-state index contributed by atoms with van der Waals surface area (Å²) >= 11 is 4.59. The number of nitrogens with zero attached hydrogens (tertiary/aromatic N) is 2. The van der Waals surface area contributed by atoms with Crippen LogP contribution >= 0.6 is 27.7 Å². The average Bonchev–Trinajstić information content (AvgIpc) is 2.40. The summed E-state index contributed by atoms with van der Waals surface area (Å²) in [6, 6.07) is 6.43. The fourth-order valence-corrected chi connectivity index (χ4v) is 2.35. The minimum absolute atomic E-state index is 0.0369. The maximum Gasteiger partial charge on any atom is 0.270 e. The summed E-state index contributed by atoms with van der Waals surface area (Å²) in [5.41, 5.74) is 0.174. The van der Waals surface area contributed by atoms with Crippen molar-refractivity contribution >= 4 is 27.7 Å². The molecule has 2 rings (SSSR count). The standard InChI is InChI=1S/C12H8BrN3O2S/c1-19-12-15-10(8(5-14)11(18)16-12)7-4-6(17)2-3-9(7)13/h2-4,17H,1H3,(H,15,16,18). The van der Waals surface area contributed by atoms with Gasteiger partial charge in [0.05, 0.1) is 5.69 Å². The molecule has 0 bridgehead atoms. The van der Waals surface area contributed by atoms with Crippen molar-refractivity contribution in [1.82, 2.24) is 9.97 Å². The molecule has 96 valence electrons. The molecular formula is C12H8BrN3O2S. The first-order valence-electron chi connectivity index (χ1n) is 5.14. The number of rotatable bonds is 2. The molecule has 2 aromatic rings. The summed E-state index contributed by atoms with van der Waals surface area (Å²) in [6.07, 6.45) is 1.77. The Balaban J connectivity index is 2.81. The van der Waals surface area contributed by atoms with Gasteiger partial charge in [0, 0.05) is 10.0 Å². The van der Waals surface area contributed by atoms with Gasteiger partial charge in [-0.25, -0.2) is 4.98 Å². The lowest BCUT2D eigenvalue weighted by atomic mass is 10.1. The van der Waals surface area contributed by atoms with Gasteiger partial charge in [0.2, 0.25) is 0 Å². The number of benzene rings is 1. The highest BCUT2D eigenvalue weighted by atomic mass is 79.9. The summed E-state index contributed by atoms with van der Waals surface area (Å²) < 4.78 is 0.645. The van der Waals surface area contributed by atoms with Crippen LogP contribution in [0.15, 0.2) is 32.6 Å². The second-order valence-electron chi connectivity index (χ2n) is 3.57. The molecule has 0 aliphatic carbocycles. The molecule has 0 unspecified atom stereocenters. The van der Waals surface area contributed by atoms with E-state index in [0.29, 0.717) is 15.2 Å². The second kappa shape index (κ2) is 5.47. The number of aromatic hydroxyl groups is 1. The van der Waals surface area contributed by atoms with Gasteiger partial charge >= 0.3 is 0 Å². The molecule has 0 aliphatic heterocycles. The highest BCUT2D eigenvalue weighted by molar-refractivity contribution is 9.10. The molecular weight excluding hydrogens is 330 g/mol. The van der Waals surface area contributed by atoms with Gasteiger partial charge in [-0.1, -0.05) is 27.7 Å². The Morgan fingerprint density at radius 1 is 1.53 bits per heavy atom. The van der Waals surface area contributed by atoms with Crippen LogP contribution in [0.3, 0.4) is 0 Å². The number of thioether (sulfide) groups is 1. The number of phenolic OH excluding ortho intramolecular Hbond substituents is 1. The molecule has 1 heterocycles. The van der Waals surface area contributed by atoms with Gasteiger partial charge in [-0.3, -0.25) is 4.79 Å². The molecule has 0 atom stereocenters. The quantitative estimate of drug-likeness (QED) is 0.649. The lowest BCUT2D eigenvalue weighted by molar-refractivity contribution is 0.475. The lowest BCUT2D eigenvalue weighted by Gasteiger charge is -2.07. The zero-order valence-corrected chi connectivity index (χ0v) is 12.2. The summed E-state index contributed by atoms with van der Waals surface area (Å²) in [5, 5.41) is 19.0. The third-order valence-corrected chi connectivity index (χ3v) is 3.68. The molecule has 2 N–H and O–H groups in total. The normalized spacial score (nSPS) is 10.2. The Morgan fingerprint density at radius 3 is 2.89 bits per heavy atom. The van der Waals surface area contributed by atoms with E-state index in [1.54, 1.807) is 12.3 Å².